The molecule has 0 unspecified atom stereocenters. The molecular formula is C14H15N2O4S-. The van der Waals surface area contributed by atoms with Crippen LogP contribution >= 0.6 is 11.3 Å². The summed E-state index contributed by atoms with van der Waals surface area (Å²) in [5, 5.41) is 15.9. The number of ether oxygens (including phenoxy) is 2. The van der Waals surface area contributed by atoms with Gasteiger partial charge in [0.1, 0.15) is 18.1 Å². The third-order valence-corrected chi connectivity index (χ3v) is 3.41. The second kappa shape index (κ2) is 7.49. The van der Waals surface area contributed by atoms with Gasteiger partial charge in [0.2, 0.25) is 0 Å². The van der Waals surface area contributed by atoms with Crippen LogP contribution in [0.2, 0.25) is 0 Å². The second-order valence-corrected chi connectivity index (χ2v) is 5.01. The average Bonchev–Trinajstić information content (AvgIpc) is 2.90. The van der Waals surface area contributed by atoms with Gasteiger partial charge in [0.25, 0.3) is 0 Å². The number of hydrogen-bond donors (Lipinski definition) is 1. The standard InChI is InChI=1S/C14H16N2O4S/c1-19-11-3-2-4-12(8-11)20-6-5-15-14-16-10(9-21-14)7-13(17)18/h2-4,8-9H,5-7H2,1H3,(H,15,16)(H,17,18)/p-1. The van der Waals surface area contributed by atoms with Gasteiger partial charge >= 0.3 is 0 Å². The molecule has 0 saturated heterocycles. The summed E-state index contributed by atoms with van der Waals surface area (Å²) >= 11 is 1.35. The Kier molecular flexibility index (Phi) is 5.39. The Hall–Kier alpha value is -2.28. The zero-order valence-corrected chi connectivity index (χ0v) is 12.3. The molecule has 0 amide bonds. The highest BCUT2D eigenvalue weighted by molar-refractivity contribution is 7.13. The first-order valence-corrected chi connectivity index (χ1v) is 7.20. The number of methoxy groups -OCH3 is 1. The van der Waals surface area contributed by atoms with Crippen LogP contribution in [0, 0.1) is 0 Å². The van der Waals surface area contributed by atoms with Crippen molar-refractivity contribution in [3.8, 4) is 11.5 Å². The van der Waals surface area contributed by atoms with Gasteiger partial charge in [0.15, 0.2) is 5.13 Å². The first-order chi connectivity index (χ1) is 10.2. The Balaban J connectivity index is 1.74. The zero-order valence-electron chi connectivity index (χ0n) is 11.5. The highest BCUT2D eigenvalue weighted by atomic mass is 32.1. The molecule has 0 aliphatic rings. The molecule has 1 N–H and O–H groups in total. The number of carboxylic acid groups (broad SMARTS) is 1. The van der Waals surface area contributed by atoms with E-state index in [1.165, 1.54) is 11.3 Å². The van der Waals surface area contributed by atoms with Crippen LogP contribution in [-0.4, -0.2) is 31.2 Å². The number of nitrogens with zero attached hydrogens (tertiary/aromatic N) is 1. The molecule has 0 aliphatic carbocycles. The van der Waals surface area contributed by atoms with Gasteiger partial charge in [-0.1, -0.05) is 6.07 Å². The number of carbonyl (C=O) groups is 1. The van der Waals surface area contributed by atoms with Crippen molar-refractivity contribution >= 4 is 22.4 Å². The van der Waals surface area contributed by atoms with Gasteiger partial charge in [-0.3, -0.25) is 0 Å². The first-order valence-electron chi connectivity index (χ1n) is 6.32. The maximum absolute atomic E-state index is 10.5. The number of aromatic nitrogens is 1. The Labute approximate surface area is 126 Å². The number of thiazole rings is 1. The summed E-state index contributed by atoms with van der Waals surface area (Å²) < 4.78 is 10.7. The molecule has 0 saturated carbocycles. The Bertz CT molecular complexity index is 600. The SMILES string of the molecule is COc1cccc(OCCNc2nc(CC(=O)[O-])cs2)c1. The lowest BCUT2D eigenvalue weighted by Crippen LogP contribution is -2.24. The van der Waals surface area contributed by atoms with Crippen molar-refractivity contribution in [3.63, 3.8) is 0 Å². The molecule has 6 nitrogen and oxygen atoms in total. The molecule has 1 aromatic heterocycles. The van der Waals surface area contributed by atoms with Crippen LogP contribution in [0.3, 0.4) is 0 Å². The van der Waals surface area contributed by atoms with Crippen LogP contribution in [0.4, 0.5) is 5.13 Å². The summed E-state index contributed by atoms with van der Waals surface area (Å²) in [6.07, 6.45) is -0.168. The minimum absolute atomic E-state index is 0.168. The van der Waals surface area contributed by atoms with Gasteiger partial charge in [-0.05, 0) is 12.1 Å². The Morgan fingerprint density at radius 3 is 3.00 bits per heavy atom. The van der Waals surface area contributed by atoms with E-state index in [2.05, 4.69) is 10.3 Å². The zero-order chi connectivity index (χ0) is 15.1. The number of carbonyl (C=O) groups excluding carboxylic acids is 1. The first kappa shape index (κ1) is 15.1. The van der Waals surface area contributed by atoms with Crippen molar-refractivity contribution < 1.29 is 19.4 Å². The predicted octanol–water partition coefficient (Wildman–Crippen LogP) is 0.935. The molecule has 0 spiro atoms. The molecule has 2 rings (SSSR count). The topological polar surface area (TPSA) is 83.5 Å². The van der Waals surface area contributed by atoms with Crippen LogP contribution in [0.1, 0.15) is 5.69 Å². The lowest BCUT2D eigenvalue weighted by Gasteiger charge is -2.08. The summed E-state index contributed by atoms with van der Waals surface area (Å²) in [5.74, 6) is 0.341. The van der Waals surface area contributed by atoms with Crippen LogP contribution in [-0.2, 0) is 11.2 Å². The average molecular weight is 307 g/mol. The molecule has 7 heteroatoms. The minimum atomic E-state index is -1.13. The van der Waals surface area contributed by atoms with Gasteiger partial charge in [-0.2, -0.15) is 0 Å². The fourth-order valence-electron chi connectivity index (χ4n) is 1.64. The number of rotatable bonds is 8. The van der Waals surface area contributed by atoms with Gasteiger partial charge < -0.3 is 24.7 Å². The van der Waals surface area contributed by atoms with Gasteiger partial charge in [-0.25, -0.2) is 4.98 Å². The van der Waals surface area contributed by atoms with Crippen molar-refractivity contribution in [1.82, 2.24) is 4.98 Å². The number of aliphatic carboxylic acids is 1. The molecule has 0 aliphatic heterocycles. The highest BCUT2D eigenvalue weighted by Gasteiger charge is 2.02. The fourth-order valence-corrected chi connectivity index (χ4v) is 2.37. The molecule has 2 aromatic rings. The Morgan fingerprint density at radius 1 is 1.43 bits per heavy atom. The molecule has 0 atom stereocenters. The van der Waals surface area contributed by atoms with E-state index >= 15 is 0 Å². The van der Waals surface area contributed by atoms with Gasteiger partial charge in [0.05, 0.1) is 19.3 Å². The molecule has 0 radical (unpaired) electrons. The lowest BCUT2D eigenvalue weighted by molar-refractivity contribution is -0.304. The van der Waals surface area contributed by atoms with Crippen LogP contribution < -0.4 is 19.9 Å². The van der Waals surface area contributed by atoms with Crippen molar-refractivity contribution in [2.24, 2.45) is 0 Å². The molecule has 1 heterocycles. The summed E-state index contributed by atoms with van der Waals surface area (Å²) in [4.78, 5) is 14.6. The van der Waals surface area contributed by atoms with Crippen molar-refractivity contribution in [1.29, 1.82) is 0 Å². The maximum atomic E-state index is 10.5. The Morgan fingerprint density at radius 2 is 2.24 bits per heavy atom. The number of anilines is 1. The predicted molar refractivity (Wildman–Crippen MR) is 77.8 cm³/mol. The van der Waals surface area contributed by atoms with Crippen molar-refractivity contribution in [2.75, 3.05) is 25.6 Å². The fraction of sp³-hybridized carbons (Fsp3) is 0.286. The molecule has 112 valence electrons. The van der Waals surface area contributed by atoms with E-state index < -0.39 is 5.97 Å². The summed E-state index contributed by atoms with van der Waals surface area (Å²) in [6.45, 7) is 1.03. The molecular weight excluding hydrogens is 292 g/mol. The number of hydrogen-bond acceptors (Lipinski definition) is 7. The molecule has 0 bridgehead atoms. The molecule has 0 fully saturated rings. The summed E-state index contributed by atoms with van der Waals surface area (Å²) in [6, 6.07) is 7.36. The van der Waals surface area contributed by atoms with E-state index in [1.807, 2.05) is 18.2 Å². The van der Waals surface area contributed by atoms with E-state index in [1.54, 1.807) is 18.6 Å². The van der Waals surface area contributed by atoms with Crippen LogP contribution in [0.5, 0.6) is 11.5 Å². The smallest absolute Gasteiger partial charge is 0.182 e. The van der Waals surface area contributed by atoms with E-state index in [-0.39, 0.29) is 6.42 Å². The van der Waals surface area contributed by atoms with E-state index in [4.69, 9.17) is 9.47 Å². The maximum Gasteiger partial charge on any atom is 0.182 e. The molecule has 21 heavy (non-hydrogen) atoms. The lowest BCUT2D eigenvalue weighted by atomic mass is 10.3. The minimum Gasteiger partial charge on any atom is -0.550 e. The number of benzene rings is 1. The third-order valence-electron chi connectivity index (χ3n) is 2.57. The summed E-state index contributed by atoms with van der Waals surface area (Å²) in [5.41, 5.74) is 0.496. The van der Waals surface area contributed by atoms with E-state index in [0.717, 1.165) is 11.5 Å². The normalized spacial score (nSPS) is 10.1. The molecule has 1 aromatic carbocycles. The second-order valence-electron chi connectivity index (χ2n) is 4.15. The van der Waals surface area contributed by atoms with Crippen molar-refractivity contribution in [3.05, 3.63) is 35.3 Å². The van der Waals surface area contributed by atoms with E-state index in [0.29, 0.717) is 24.0 Å². The quantitative estimate of drug-likeness (QED) is 0.731. The monoisotopic (exact) mass is 307 g/mol. The number of carboxylic acids is 1. The number of nitrogens with one attached hydrogen (secondary N) is 1. The van der Waals surface area contributed by atoms with Crippen LogP contribution in [0.25, 0.3) is 0 Å². The van der Waals surface area contributed by atoms with Crippen LogP contribution in [0.15, 0.2) is 29.6 Å². The van der Waals surface area contributed by atoms with Crippen molar-refractivity contribution in [2.45, 2.75) is 6.42 Å². The summed E-state index contributed by atoms with van der Waals surface area (Å²) in [7, 11) is 1.60. The van der Waals surface area contributed by atoms with E-state index in [9.17, 15) is 9.90 Å². The third kappa shape index (κ3) is 4.96. The highest BCUT2D eigenvalue weighted by Crippen LogP contribution is 2.19. The van der Waals surface area contributed by atoms with Gasteiger partial charge in [-0.15, -0.1) is 11.3 Å². The largest absolute Gasteiger partial charge is 0.550 e. The van der Waals surface area contributed by atoms with Gasteiger partial charge in [0, 0.05) is 23.8 Å².